The van der Waals surface area contributed by atoms with E-state index in [0.29, 0.717) is 0 Å². The molecule has 2 heteroatoms. The molecule has 44 heavy (non-hydrogen) atoms. The molecule has 1 fully saturated rings. The minimum Gasteiger partial charge on any atom is -0.347 e. The summed E-state index contributed by atoms with van der Waals surface area (Å²) in [6.45, 7) is 4.68. The van der Waals surface area contributed by atoms with E-state index >= 15 is 0 Å². The van der Waals surface area contributed by atoms with E-state index in [2.05, 4.69) is 165 Å². The monoisotopic (exact) mass is 575 g/mol. The average Bonchev–Trinajstić information content (AvgIpc) is 3.39. The van der Waals surface area contributed by atoms with E-state index in [0.717, 1.165) is 0 Å². The van der Waals surface area contributed by atoms with E-state index in [4.69, 9.17) is 0 Å². The number of rotatable bonds is 5. The van der Waals surface area contributed by atoms with Crippen LogP contribution in [-0.2, 0) is 10.8 Å². The second-order valence-electron chi connectivity index (χ2n) is 13.2. The predicted octanol–water partition coefficient (Wildman–Crippen LogP) is 10.5. The smallest absolute Gasteiger partial charge is 0.210 e. The van der Waals surface area contributed by atoms with Gasteiger partial charge in [-0.2, -0.15) is 4.58 Å². The maximum absolute atomic E-state index is 2.45. The third-order valence-electron chi connectivity index (χ3n) is 10.4. The summed E-state index contributed by atoms with van der Waals surface area (Å²) in [5.41, 5.74) is 8.46. The first kappa shape index (κ1) is 28.3. The summed E-state index contributed by atoms with van der Waals surface area (Å²) in [7, 11) is 4.44. The Balaban J connectivity index is 1.07. The molecule has 7 rings (SSSR count). The van der Waals surface area contributed by atoms with Crippen LogP contribution in [0.15, 0.2) is 133 Å². The number of anilines is 1. The van der Waals surface area contributed by atoms with E-state index in [1.807, 2.05) is 0 Å². The van der Waals surface area contributed by atoms with Crippen molar-refractivity contribution in [3.8, 4) is 0 Å². The maximum atomic E-state index is 2.45. The van der Waals surface area contributed by atoms with E-state index in [1.54, 1.807) is 5.56 Å². The number of benzene rings is 4. The molecule has 0 amide bonds. The van der Waals surface area contributed by atoms with E-state index in [9.17, 15) is 0 Å². The van der Waals surface area contributed by atoms with Crippen molar-refractivity contribution >= 4 is 38.6 Å². The van der Waals surface area contributed by atoms with Crippen LogP contribution in [0.3, 0.4) is 0 Å². The molecule has 0 N–H and O–H groups in total. The minimum absolute atomic E-state index is 0.0591. The van der Waals surface area contributed by atoms with Gasteiger partial charge in [-0.15, -0.1) is 0 Å². The van der Waals surface area contributed by atoms with Crippen molar-refractivity contribution in [2.45, 2.75) is 56.8 Å². The summed E-state index contributed by atoms with van der Waals surface area (Å²) in [4.78, 5) is 2.45. The molecule has 4 aromatic rings. The number of nitrogens with zero attached hydrogens (tertiary/aromatic N) is 2. The van der Waals surface area contributed by atoms with Gasteiger partial charge >= 0.3 is 0 Å². The van der Waals surface area contributed by atoms with Crippen molar-refractivity contribution in [3.63, 3.8) is 0 Å². The Labute approximate surface area is 262 Å². The maximum Gasteiger partial charge on any atom is 0.210 e. The highest BCUT2D eigenvalue weighted by atomic mass is 15.2. The van der Waals surface area contributed by atoms with Gasteiger partial charge < -0.3 is 4.90 Å². The van der Waals surface area contributed by atoms with E-state index < -0.39 is 0 Å². The van der Waals surface area contributed by atoms with Crippen LogP contribution in [0.2, 0.25) is 0 Å². The van der Waals surface area contributed by atoms with Gasteiger partial charge in [-0.25, -0.2) is 0 Å². The Hall–Kier alpha value is -4.43. The SMILES string of the molecule is CN1C(=CC=CC=CC=CC=CC2=[N+](C)c3ccc4ccccc4c3C2(C)C)C2(CCCCC2)c2c1ccc1ccccc21. The second-order valence-corrected chi connectivity index (χ2v) is 13.2. The molecule has 0 atom stereocenters. The summed E-state index contributed by atoms with van der Waals surface area (Å²) in [6, 6.07) is 26.8. The van der Waals surface area contributed by atoms with Gasteiger partial charge in [0.25, 0.3) is 0 Å². The summed E-state index contributed by atoms with van der Waals surface area (Å²) in [5.74, 6) is 0. The van der Waals surface area contributed by atoms with Crippen LogP contribution in [-0.4, -0.2) is 24.4 Å². The molecule has 0 saturated heterocycles. The van der Waals surface area contributed by atoms with Crippen molar-refractivity contribution in [2.75, 3.05) is 19.0 Å². The zero-order valence-corrected chi connectivity index (χ0v) is 26.6. The first-order chi connectivity index (χ1) is 21.4. The van der Waals surface area contributed by atoms with E-state index in [-0.39, 0.29) is 10.8 Å². The Morgan fingerprint density at radius 1 is 0.659 bits per heavy atom. The van der Waals surface area contributed by atoms with Crippen molar-refractivity contribution < 1.29 is 4.58 Å². The number of allylic oxidation sites excluding steroid dienone is 10. The van der Waals surface area contributed by atoms with Crippen LogP contribution in [0.5, 0.6) is 0 Å². The number of hydrogen-bond acceptors (Lipinski definition) is 1. The first-order valence-corrected chi connectivity index (χ1v) is 16.2. The lowest BCUT2D eigenvalue weighted by atomic mass is 9.67. The van der Waals surface area contributed by atoms with Crippen molar-refractivity contribution in [2.24, 2.45) is 0 Å². The molecule has 1 saturated carbocycles. The molecule has 2 aliphatic heterocycles. The Morgan fingerprint density at radius 2 is 1.25 bits per heavy atom. The van der Waals surface area contributed by atoms with Gasteiger partial charge in [0.15, 0.2) is 5.71 Å². The highest BCUT2D eigenvalue weighted by Crippen LogP contribution is 2.56. The lowest BCUT2D eigenvalue weighted by Gasteiger charge is -2.36. The van der Waals surface area contributed by atoms with Crippen LogP contribution in [0, 0.1) is 0 Å². The van der Waals surface area contributed by atoms with Gasteiger partial charge in [0.1, 0.15) is 7.05 Å². The number of hydrogen-bond donors (Lipinski definition) is 0. The van der Waals surface area contributed by atoms with Crippen LogP contribution < -0.4 is 4.90 Å². The molecule has 0 aromatic heterocycles. The Kier molecular flexibility index (Phi) is 7.25. The number of fused-ring (bicyclic) bond motifs is 7. The normalized spacial score (nSPS) is 20.2. The van der Waals surface area contributed by atoms with Gasteiger partial charge in [0.05, 0.1) is 5.41 Å². The minimum atomic E-state index is -0.0591. The molecule has 0 unspecified atom stereocenters. The van der Waals surface area contributed by atoms with Gasteiger partial charge in [0, 0.05) is 41.6 Å². The standard InChI is InChI=1S/C42H43N2/c1-41(2)37(43(3)35-27-25-31-19-13-15-21-33(31)39(35)41)23-11-8-6-5-7-9-12-24-38-42(29-17-10-18-30-42)40-34-22-16-14-20-32(34)26-28-36(40)44(38)4/h5-9,11-16,19-28H,10,17-18,29-30H2,1-4H3/q+1. The molecule has 0 bridgehead atoms. The number of likely N-dealkylation sites (N-methyl/N-ethyl adjacent to an activating group) is 1. The molecule has 2 nitrogen and oxygen atoms in total. The molecule has 1 spiro atoms. The van der Waals surface area contributed by atoms with Crippen molar-refractivity contribution in [1.82, 2.24) is 0 Å². The van der Waals surface area contributed by atoms with Crippen molar-refractivity contribution in [3.05, 3.63) is 144 Å². The van der Waals surface area contributed by atoms with Gasteiger partial charge in [-0.3, -0.25) is 0 Å². The van der Waals surface area contributed by atoms with Gasteiger partial charge in [0.2, 0.25) is 5.69 Å². The van der Waals surface area contributed by atoms with Crippen LogP contribution in [0.25, 0.3) is 21.5 Å². The topological polar surface area (TPSA) is 6.25 Å². The lowest BCUT2D eigenvalue weighted by molar-refractivity contribution is -0.401. The fourth-order valence-corrected chi connectivity index (χ4v) is 8.36. The molecule has 2 heterocycles. The van der Waals surface area contributed by atoms with Gasteiger partial charge in [-0.05, 0) is 72.0 Å². The molecule has 4 aromatic carbocycles. The Morgan fingerprint density at radius 3 is 1.95 bits per heavy atom. The van der Waals surface area contributed by atoms with E-state index in [1.165, 1.54) is 82.0 Å². The third kappa shape index (κ3) is 4.51. The molecular weight excluding hydrogens is 532 g/mol. The molecular formula is C42H43N2+. The first-order valence-electron chi connectivity index (χ1n) is 16.2. The highest BCUT2D eigenvalue weighted by Gasteiger charge is 2.47. The van der Waals surface area contributed by atoms with Crippen molar-refractivity contribution in [1.29, 1.82) is 0 Å². The molecule has 3 aliphatic rings. The third-order valence-corrected chi connectivity index (χ3v) is 10.4. The molecule has 1 aliphatic carbocycles. The fraction of sp³-hybridized carbons (Fsp3) is 0.262. The summed E-state index contributed by atoms with van der Waals surface area (Å²) >= 11 is 0. The summed E-state index contributed by atoms with van der Waals surface area (Å²) in [5, 5.41) is 5.43. The zero-order valence-electron chi connectivity index (χ0n) is 26.6. The van der Waals surface area contributed by atoms with Crippen LogP contribution >= 0.6 is 0 Å². The predicted molar refractivity (Wildman–Crippen MR) is 190 cm³/mol. The fourth-order valence-electron chi connectivity index (χ4n) is 8.36. The largest absolute Gasteiger partial charge is 0.347 e. The van der Waals surface area contributed by atoms with Crippen LogP contribution in [0.4, 0.5) is 11.4 Å². The molecule has 0 radical (unpaired) electrons. The lowest BCUT2D eigenvalue weighted by Crippen LogP contribution is -2.32. The zero-order chi connectivity index (χ0) is 30.3. The summed E-state index contributed by atoms with van der Waals surface area (Å²) in [6.07, 6.45) is 26.1. The molecule has 220 valence electrons. The summed E-state index contributed by atoms with van der Waals surface area (Å²) < 4.78 is 2.35. The van der Waals surface area contributed by atoms with Crippen LogP contribution in [0.1, 0.15) is 57.1 Å². The second kappa shape index (κ2) is 11.2. The Bertz CT molecular complexity index is 1940. The van der Waals surface area contributed by atoms with Gasteiger partial charge in [-0.1, -0.05) is 116 Å². The average molecular weight is 576 g/mol. The quantitative estimate of drug-likeness (QED) is 0.169. The highest BCUT2D eigenvalue weighted by molar-refractivity contribution is 6.07.